The Morgan fingerprint density at radius 1 is 1.42 bits per heavy atom. The Hall–Kier alpha value is -2.39. The first-order valence-corrected chi connectivity index (χ1v) is 6.84. The molecule has 0 aromatic carbocycles. The van der Waals surface area contributed by atoms with Gasteiger partial charge in [-0.1, -0.05) is 5.04 Å². The van der Waals surface area contributed by atoms with Crippen LogP contribution in [0.5, 0.6) is 0 Å². The molecule has 24 heavy (non-hydrogen) atoms. The second-order valence-electron chi connectivity index (χ2n) is 5.61. The second kappa shape index (κ2) is 5.32. The smallest absolute Gasteiger partial charge is 0.404 e. The molecule has 14 nitrogen and oxygen atoms in total. The van der Waals surface area contributed by atoms with E-state index in [1.54, 1.807) is 0 Å². The molecular weight excluding hydrogens is 330 g/mol. The maximum atomic E-state index is 10.8. The highest BCUT2D eigenvalue weighted by atomic mass is 17.5. The fraction of sp³-hybridized carbons (Fsp3) is 0.700. The van der Waals surface area contributed by atoms with Gasteiger partial charge in [0.1, 0.15) is 6.61 Å². The SMILES string of the molecule is N=C1N[C@H]2[C@H](COC(N)=O)NC(=N)N3C[C@H](OOO)C(O)(O)[C@]23N1. The molecule has 0 aromatic heterocycles. The zero-order valence-corrected chi connectivity index (χ0v) is 12.1. The van der Waals surface area contributed by atoms with E-state index in [1.807, 2.05) is 0 Å². The van der Waals surface area contributed by atoms with Crippen LogP contribution in [-0.4, -0.2) is 81.2 Å². The molecular formula is C10H17N7O7. The molecule has 0 saturated carbocycles. The standard InChI is InChI=1S/C10H17N7O7/c11-6-15-5-3(2-22-8(13)18)14-7(12)17-1-4(23-24-21)10(19,20)9(5,17)16-6/h3-5,19-21H,1-2H2,(H2,12,14)(H2,13,18)(H3,11,15,16)/t3-,4-,5-,9-/m0/s1. The normalized spacial score (nSPS) is 36.3. The highest BCUT2D eigenvalue weighted by Crippen LogP contribution is 2.43. The number of hydrogen-bond acceptors (Lipinski definition) is 9. The summed E-state index contributed by atoms with van der Waals surface area (Å²) in [6.45, 7) is -0.542. The number of carbonyl (C=O) groups excluding carboxylic acids is 1. The molecule has 3 fully saturated rings. The van der Waals surface area contributed by atoms with Gasteiger partial charge < -0.3 is 41.5 Å². The highest BCUT2D eigenvalue weighted by Gasteiger charge is 2.75. The second-order valence-corrected chi connectivity index (χ2v) is 5.61. The quantitative estimate of drug-likeness (QED) is 0.135. The van der Waals surface area contributed by atoms with E-state index in [1.165, 1.54) is 4.90 Å². The lowest BCUT2D eigenvalue weighted by Crippen LogP contribution is -2.81. The number of primary amides is 1. The molecule has 4 atom stereocenters. The molecule has 3 heterocycles. The van der Waals surface area contributed by atoms with Gasteiger partial charge in [-0.25, -0.2) is 10.1 Å². The topological polar surface area (TPSA) is 218 Å². The zero-order valence-electron chi connectivity index (χ0n) is 12.1. The van der Waals surface area contributed by atoms with Crippen molar-refractivity contribution in [1.82, 2.24) is 20.9 Å². The third kappa shape index (κ3) is 2.05. The van der Waals surface area contributed by atoms with E-state index in [9.17, 15) is 15.0 Å². The van der Waals surface area contributed by atoms with Crippen LogP contribution in [0.3, 0.4) is 0 Å². The fourth-order valence-electron chi connectivity index (χ4n) is 3.46. The summed E-state index contributed by atoms with van der Waals surface area (Å²) in [7, 11) is 0. The third-order valence-electron chi connectivity index (χ3n) is 4.41. The average molecular weight is 347 g/mol. The van der Waals surface area contributed by atoms with Crippen LogP contribution in [0.15, 0.2) is 0 Å². The van der Waals surface area contributed by atoms with Gasteiger partial charge in [0.15, 0.2) is 23.7 Å². The van der Waals surface area contributed by atoms with Gasteiger partial charge >= 0.3 is 6.09 Å². The van der Waals surface area contributed by atoms with E-state index < -0.39 is 35.7 Å². The molecule has 3 aliphatic heterocycles. The summed E-state index contributed by atoms with van der Waals surface area (Å²) in [5.41, 5.74) is 3.13. The van der Waals surface area contributed by atoms with Crippen molar-refractivity contribution in [3.63, 3.8) is 0 Å². The Kier molecular flexibility index (Phi) is 3.65. The number of aliphatic hydroxyl groups is 2. The molecule has 3 rings (SSSR count). The van der Waals surface area contributed by atoms with Gasteiger partial charge in [0.25, 0.3) is 0 Å². The number of nitrogens with two attached hydrogens (primary N) is 1. The van der Waals surface area contributed by atoms with Crippen molar-refractivity contribution in [2.75, 3.05) is 13.2 Å². The van der Waals surface area contributed by atoms with E-state index >= 15 is 0 Å². The molecule has 3 saturated heterocycles. The van der Waals surface area contributed by atoms with Crippen molar-refractivity contribution < 1.29 is 34.9 Å². The number of hydrogen-bond donors (Lipinski definition) is 9. The van der Waals surface area contributed by atoms with Gasteiger partial charge in [0, 0.05) is 0 Å². The first-order valence-electron chi connectivity index (χ1n) is 6.84. The van der Waals surface area contributed by atoms with Gasteiger partial charge in [-0.2, -0.15) is 4.89 Å². The van der Waals surface area contributed by atoms with Crippen LogP contribution in [0.2, 0.25) is 0 Å². The van der Waals surface area contributed by atoms with Crippen molar-refractivity contribution in [2.24, 2.45) is 5.73 Å². The molecule has 0 aromatic rings. The molecule has 0 unspecified atom stereocenters. The molecule has 10 N–H and O–H groups in total. The minimum atomic E-state index is -2.68. The van der Waals surface area contributed by atoms with Crippen molar-refractivity contribution in [3.05, 3.63) is 0 Å². The number of amides is 1. The number of ether oxygens (including phenoxy) is 1. The predicted molar refractivity (Wildman–Crippen MR) is 73.2 cm³/mol. The van der Waals surface area contributed by atoms with E-state index in [-0.39, 0.29) is 25.1 Å². The van der Waals surface area contributed by atoms with Gasteiger partial charge in [0.2, 0.25) is 5.79 Å². The lowest BCUT2D eigenvalue weighted by Gasteiger charge is -2.50. The van der Waals surface area contributed by atoms with Crippen LogP contribution in [0.4, 0.5) is 4.79 Å². The monoisotopic (exact) mass is 347 g/mol. The Labute approximate surface area is 134 Å². The van der Waals surface area contributed by atoms with E-state index in [2.05, 4.69) is 25.9 Å². The molecule has 3 aliphatic rings. The first kappa shape index (κ1) is 16.5. The van der Waals surface area contributed by atoms with Crippen LogP contribution >= 0.6 is 0 Å². The Balaban J connectivity index is 1.99. The molecule has 134 valence electrons. The lowest BCUT2D eigenvalue weighted by atomic mass is 9.85. The summed E-state index contributed by atoms with van der Waals surface area (Å²) in [5, 5.41) is 57.1. The van der Waals surface area contributed by atoms with Crippen molar-refractivity contribution >= 4 is 18.0 Å². The van der Waals surface area contributed by atoms with Gasteiger partial charge in [-0.15, -0.1) is 0 Å². The minimum absolute atomic E-state index is 0.246. The molecule has 1 amide bonds. The summed E-state index contributed by atoms with van der Waals surface area (Å²) in [6, 6.07) is -1.75. The third-order valence-corrected chi connectivity index (χ3v) is 4.41. The van der Waals surface area contributed by atoms with Crippen LogP contribution < -0.4 is 21.7 Å². The van der Waals surface area contributed by atoms with Gasteiger partial charge in [-0.3, -0.25) is 10.8 Å². The van der Waals surface area contributed by atoms with Crippen molar-refractivity contribution in [2.45, 2.75) is 29.6 Å². The van der Waals surface area contributed by atoms with E-state index in [4.69, 9.17) is 26.5 Å². The predicted octanol–water partition coefficient (Wildman–Crippen LogP) is -4.03. The van der Waals surface area contributed by atoms with Gasteiger partial charge in [-0.05, 0) is 0 Å². The van der Waals surface area contributed by atoms with Crippen LogP contribution in [0.1, 0.15) is 0 Å². The highest BCUT2D eigenvalue weighted by molar-refractivity contribution is 5.87. The molecule has 0 bridgehead atoms. The number of carbonyl (C=O) groups is 1. The largest absolute Gasteiger partial charge is 0.447 e. The molecule has 0 radical (unpaired) electrons. The van der Waals surface area contributed by atoms with E-state index in [0.717, 1.165) is 0 Å². The molecule has 14 heteroatoms. The summed E-state index contributed by atoms with van der Waals surface area (Å²) >= 11 is 0. The summed E-state index contributed by atoms with van der Waals surface area (Å²) in [4.78, 5) is 16.5. The number of nitrogens with zero attached hydrogens (tertiary/aromatic N) is 1. The Morgan fingerprint density at radius 2 is 2.12 bits per heavy atom. The van der Waals surface area contributed by atoms with E-state index in [0.29, 0.717) is 0 Å². The summed E-state index contributed by atoms with van der Waals surface area (Å²) in [6.07, 6.45) is -2.51. The number of nitrogens with one attached hydrogen (secondary N) is 5. The average Bonchev–Trinajstić information content (AvgIpc) is 2.95. The summed E-state index contributed by atoms with van der Waals surface area (Å²) < 4.78 is 4.72. The van der Waals surface area contributed by atoms with Crippen molar-refractivity contribution in [3.8, 4) is 0 Å². The van der Waals surface area contributed by atoms with Crippen LogP contribution in [0.25, 0.3) is 0 Å². The van der Waals surface area contributed by atoms with Crippen LogP contribution in [0, 0.1) is 10.8 Å². The maximum absolute atomic E-state index is 10.8. The Morgan fingerprint density at radius 3 is 2.75 bits per heavy atom. The summed E-state index contributed by atoms with van der Waals surface area (Å²) in [5.74, 6) is -3.18. The zero-order chi connectivity index (χ0) is 17.7. The minimum Gasteiger partial charge on any atom is -0.447 e. The fourth-order valence-corrected chi connectivity index (χ4v) is 3.46. The number of rotatable bonds is 4. The maximum Gasteiger partial charge on any atom is 0.404 e. The van der Waals surface area contributed by atoms with Gasteiger partial charge in [0.05, 0.1) is 18.6 Å². The van der Waals surface area contributed by atoms with Crippen LogP contribution in [-0.2, 0) is 14.7 Å². The van der Waals surface area contributed by atoms with Crippen molar-refractivity contribution in [1.29, 1.82) is 10.8 Å². The number of guanidine groups is 2. The molecule has 1 spiro atoms. The Bertz CT molecular complexity index is 586. The first-order chi connectivity index (χ1) is 11.2. The molecule has 0 aliphatic carbocycles. The lowest BCUT2D eigenvalue weighted by molar-refractivity contribution is -0.522.